The molecule has 2 bridgehead atoms. The van der Waals surface area contributed by atoms with Gasteiger partial charge in [-0.05, 0) is 6.08 Å². The van der Waals surface area contributed by atoms with Crippen molar-refractivity contribution in [1.82, 2.24) is 0 Å². The Morgan fingerprint density at radius 1 is 1.73 bits per heavy atom. The first kappa shape index (κ1) is 7.00. The molecule has 1 N–H and O–H groups in total. The van der Waals surface area contributed by atoms with Gasteiger partial charge in [-0.25, -0.2) is 0 Å². The highest BCUT2D eigenvalue weighted by molar-refractivity contribution is 5.97. The highest BCUT2D eigenvalue weighted by Gasteiger charge is 2.41. The molecule has 2 atom stereocenters. The van der Waals surface area contributed by atoms with Crippen LogP contribution in [0.25, 0.3) is 0 Å². The van der Waals surface area contributed by atoms with Crippen molar-refractivity contribution in [2.24, 2.45) is 0 Å². The minimum absolute atomic E-state index is 0.0496. The Hall–Kier alpha value is -0.670. The van der Waals surface area contributed by atoms with Crippen LogP contribution in [0.2, 0.25) is 0 Å². The van der Waals surface area contributed by atoms with E-state index in [-0.39, 0.29) is 11.9 Å². The topological polar surface area (TPSA) is 46.5 Å². The lowest BCUT2D eigenvalue weighted by Crippen LogP contribution is -2.48. The molecular weight excluding hydrogens is 144 g/mol. The van der Waals surface area contributed by atoms with Crippen molar-refractivity contribution in [3.63, 3.8) is 0 Å². The van der Waals surface area contributed by atoms with Crippen LogP contribution in [-0.4, -0.2) is 29.2 Å². The van der Waals surface area contributed by atoms with Gasteiger partial charge in [0, 0.05) is 12.8 Å². The molecule has 0 radical (unpaired) electrons. The minimum atomic E-state index is -1.11. The van der Waals surface area contributed by atoms with Crippen molar-refractivity contribution >= 4 is 5.78 Å². The average molecular weight is 154 g/mol. The number of rotatable bonds is 0. The Kier molecular flexibility index (Phi) is 1.37. The van der Waals surface area contributed by atoms with Crippen LogP contribution in [0.15, 0.2) is 12.2 Å². The molecule has 0 aromatic carbocycles. The monoisotopic (exact) mass is 154 g/mol. The van der Waals surface area contributed by atoms with Crippen molar-refractivity contribution in [2.45, 2.75) is 24.5 Å². The second-order valence-electron chi connectivity index (χ2n) is 3.12. The molecule has 1 saturated heterocycles. The third-order valence-corrected chi connectivity index (χ3v) is 2.31. The second-order valence-corrected chi connectivity index (χ2v) is 3.12. The highest BCUT2D eigenvalue weighted by Crippen LogP contribution is 2.30. The molecule has 0 unspecified atom stereocenters. The summed E-state index contributed by atoms with van der Waals surface area (Å²) < 4.78 is 5.26. The van der Waals surface area contributed by atoms with Crippen LogP contribution in [0.1, 0.15) is 12.8 Å². The predicted octanol–water partition coefficient (Wildman–Crippen LogP) is 0.0354. The predicted molar refractivity (Wildman–Crippen MR) is 38.1 cm³/mol. The van der Waals surface area contributed by atoms with Crippen molar-refractivity contribution < 1.29 is 14.6 Å². The van der Waals surface area contributed by atoms with Crippen LogP contribution in [0.3, 0.4) is 0 Å². The first-order valence-electron chi connectivity index (χ1n) is 3.77. The van der Waals surface area contributed by atoms with Crippen LogP contribution >= 0.6 is 0 Å². The van der Waals surface area contributed by atoms with E-state index in [1.165, 1.54) is 6.08 Å². The summed E-state index contributed by atoms with van der Waals surface area (Å²) in [6, 6.07) is 0. The maximum absolute atomic E-state index is 11.1. The fraction of sp³-hybridized carbons (Fsp3) is 0.625. The van der Waals surface area contributed by atoms with Crippen LogP contribution in [0, 0.1) is 0 Å². The molecule has 1 aliphatic heterocycles. The summed E-state index contributed by atoms with van der Waals surface area (Å²) in [6.07, 6.45) is 3.96. The lowest BCUT2D eigenvalue weighted by molar-refractivity contribution is -0.148. The number of carbonyl (C=O) groups is 1. The smallest absolute Gasteiger partial charge is 0.187 e. The van der Waals surface area contributed by atoms with Gasteiger partial charge >= 0.3 is 0 Å². The van der Waals surface area contributed by atoms with Crippen LogP contribution in [-0.2, 0) is 9.53 Å². The van der Waals surface area contributed by atoms with Crippen LogP contribution in [0.4, 0.5) is 0 Å². The van der Waals surface area contributed by atoms with Crippen molar-refractivity contribution in [2.75, 3.05) is 6.61 Å². The molecule has 2 aliphatic rings. The van der Waals surface area contributed by atoms with Gasteiger partial charge in [0.15, 0.2) is 5.78 Å². The zero-order chi connectivity index (χ0) is 7.90. The molecule has 2 rings (SSSR count). The summed E-state index contributed by atoms with van der Waals surface area (Å²) in [5.74, 6) is -0.169. The second kappa shape index (κ2) is 2.16. The molecule has 3 heteroatoms. The molecular formula is C8H10O3. The van der Waals surface area contributed by atoms with Crippen LogP contribution in [0.5, 0.6) is 0 Å². The van der Waals surface area contributed by atoms with E-state index in [0.29, 0.717) is 19.4 Å². The molecule has 1 heterocycles. The fourth-order valence-electron chi connectivity index (χ4n) is 1.57. The van der Waals surface area contributed by atoms with Gasteiger partial charge in [0.05, 0.1) is 12.7 Å². The van der Waals surface area contributed by atoms with Gasteiger partial charge in [-0.1, -0.05) is 6.08 Å². The number of aliphatic hydroxyl groups is 1. The van der Waals surface area contributed by atoms with E-state index in [4.69, 9.17) is 4.74 Å². The van der Waals surface area contributed by atoms with Crippen molar-refractivity contribution in [1.29, 1.82) is 0 Å². The summed E-state index contributed by atoms with van der Waals surface area (Å²) in [7, 11) is 0. The van der Waals surface area contributed by atoms with Crippen molar-refractivity contribution in [3.05, 3.63) is 12.2 Å². The number of ether oxygens (including phenoxy) is 1. The largest absolute Gasteiger partial charge is 0.382 e. The van der Waals surface area contributed by atoms with Gasteiger partial charge in [0.2, 0.25) is 0 Å². The SMILES string of the molecule is O=C1C=C[C@@H]2C[C@@]1(O)CCO2. The Morgan fingerprint density at radius 3 is 3.27 bits per heavy atom. The van der Waals surface area contributed by atoms with Gasteiger partial charge in [0.1, 0.15) is 5.60 Å². The Morgan fingerprint density at radius 2 is 2.55 bits per heavy atom. The summed E-state index contributed by atoms with van der Waals surface area (Å²) in [5, 5.41) is 9.69. The van der Waals surface area contributed by atoms with E-state index in [1.807, 2.05) is 0 Å². The van der Waals surface area contributed by atoms with E-state index < -0.39 is 5.60 Å². The van der Waals surface area contributed by atoms with Gasteiger partial charge in [-0.2, -0.15) is 0 Å². The number of hydrogen-bond donors (Lipinski definition) is 1. The Bertz CT molecular complexity index is 221. The Balaban J connectivity index is 2.32. The van der Waals surface area contributed by atoms with Crippen molar-refractivity contribution in [3.8, 4) is 0 Å². The van der Waals surface area contributed by atoms with E-state index >= 15 is 0 Å². The van der Waals surface area contributed by atoms with E-state index in [2.05, 4.69) is 0 Å². The number of hydrogen-bond acceptors (Lipinski definition) is 3. The molecule has 1 fully saturated rings. The third-order valence-electron chi connectivity index (χ3n) is 2.31. The molecule has 60 valence electrons. The molecule has 0 amide bonds. The normalized spacial score (nSPS) is 42.6. The minimum Gasteiger partial charge on any atom is -0.382 e. The summed E-state index contributed by atoms with van der Waals surface area (Å²) in [6.45, 7) is 0.483. The molecule has 0 aromatic heterocycles. The van der Waals surface area contributed by atoms with Gasteiger partial charge in [-0.3, -0.25) is 4.79 Å². The lowest BCUT2D eigenvalue weighted by atomic mass is 9.82. The first-order chi connectivity index (χ1) is 5.21. The molecule has 3 nitrogen and oxygen atoms in total. The summed E-state index contributed by atoms with van der Waals surface area (Å²) in [5.41, 5.74) is -1.11. The summed E-state index contributed by atoms with van der Waals surface area (Å²) in [4.78, 5) is 11.1. The fourth-order valence-corrected chi connectivity index (χ4v) is 1.57. The first-order valence-corrected chi connectivity index (χ1v) is 3.77. The number of ketones is 1. The third kappa shape index (κ3) is 1.01. The Labute approximate surface area is 64.7 Å². The number of carbonyl (C=O) groups excluding carboxylic acids is 1. The van der Waals surface area contributed by atoms with E-state index in [1.54, 1.807) is 6.08 Å². The van der Waals surface area contributed by atoms with Gasteiger partial charge in [0.25, 0.3) is 0 Å². The maximum atomic E-state index is 11.1. The zero-order valence-electron chi connectivity index (χ0n) is 6.12. The van der Waals surface area contributed by atoms with Gasteiger partial charge in [-0.15, -0.1) is 0 Å². The van der Waals surface area contributed by atoms with Gasteiger partial charge < -0.3 is 9.84 Å². The highest BCUT2D eigenvalue weighted by atomic mass is 16.5. The molecule has 0 saturated carbocycles. The van der Waals surface area contributed by atoms with E-state index in [0.717, 1.165) is 0 Å². The number of fused-ring (bicyclic) bond motifs is 2. The molecule has 0 aromatic rings. The summed E-state index contributed by atoms with van der Waals surface area (Å²) >= 11 is 0. The molecule has 1 aliphatic carbocycles. The zero-order valence-corrected chi connectivity index (χ0v) is 6.12. The standard InChI is InChI=1S/C8H10O3/c9-7-2-1-6-5-8(7,10)3-4-11-6/h1-2,6,10H,3-5H2/t6-,8+/m1/s1. The maximum Gasteiger partial charge on any atom is 0.187 e. The van der Waals surface area contributed by atoms with Crippen LogP contribution < -0.4 is 0 Å². The van der Waals surface area contributed by atoms with E-state index in [9.17, 15) is 9.90 Å². The molecule has 0 spiro atoms. The molecule has 11 heavy (non-hydrogen) atoms. The quantitative estimate of drug-likeness (QED) is 0.535. The lowest BCUT2D eigenvalue weighted by Gasteiger charge is -2.36. The average Bonchev–Trinajstić information content (AvgIpc) is 1.98.